The first-order valence-electron chi connectivity index (χ1n) is 9.30. The van der Waals surface area contributed by atoms with Gasteiger partial charge in [-0.1, -0.05) is 18.2 Å². The number of urea groups is 1. The Kier molecular flexibility index (Phi) is 6.89. The first-order valence-corrected chi connectivity index (χ1v) is 9.30. The van der Waals surface area contributed by atoms with Crippen LogP contribution in [0.25, 0.3) is 0 Å². The normalized spacial score (nSPS) is 10.1. The van der Waals surface area contributed by atoms with Crippen molar-refractivity contribution in [2.75, 3.05) is 24.9 Å². The van der Waals surface area contributed by atoms with E-state index < -0.39 is 0 Å². The van der Waals surface area contributed by atoms with Crippen molar-refractivity contribution >= 4 is 23.3 Å². The smallest absolute Gasteiger partial charge is 0.323 e. The standard InChI is InChI=1S/C23H23N3O4/c1-29-20-12-16(13-21(14-20)30-2)15-24-22(27)17-8-10-19(11-9-17)26-23(28)25-18-6-4-3-5-7-18/h3-14H,15H2,1-2H3,(H,24,27)(H2,25,26,28). The van der Waals surface area contributed by atoms with Gasteiger partial charge in [0.1, 0.15) is 11.5 Å². The molecule has 3 rings (SSSR count). The van der Waals surface area contributed by atoms with Crippen molar-refractivity contribution in [3.05, 3.63) is 83.9 Å². The van der Waals surface area contributed by atoms with E-state index in [1.54, 1.807) is 56.7 Å². The Labute approximate surface area is 175 Å². The minimum atomic E-state index is -0.356. The minimum absolute atomic E-state index is 0.225. The molecule has 0 aromatic heterocycles. The van der Waals surface area contributed by atoms with Crippen LogP contribution in [0.3, 0.4) is 0 Å². The molecule has 0 fully saturated rings. The maximum Gasteiger partial charge on any atom is 0.323 e. The van der Waals surface area contributed by atoms with Crippen LogP contribution in [0.15, 0.2) is 72.8 Å². The second kappa shape index (κ2) is 9.97. The molecule has 0 saturated carbocycles. The number of nitrogens with one attached hydrogen (secondary N) is 3. The summed E-state index contributed by atoms with van der Waals surface area (Å²) in [6, 6.07) is 20.9. The van der Waals surface area contributed by atoms with Gasteiger partial charge in [0.05, 0.1) is 14.2 Å². The summed E-state index contributed by atoms with van der Waals surface area (Å²) in [7, 11) is 3.15. The fraction of sp³-hybridized carbons (Fsp3) is 0.130. The van der Waals surface area contributed by atoms with Crippen LogP contribution < -0.4 is 25.4 Å². The van der Waals surface area contributed by atoms with Gasteiger partial charge >= 0.3 is 6.03 Å². The van der Waals surface area contributed by atoms with Crippen molar-refractivity contribution in [3.63, 3.8) is 0 Å². The Morgan fingerprint density at radius 3 is 1.90 bits per heavy atom. The Morgan fingerprint density at radius 2 is 1.33 bits per heavy atom. The van der Waals surface area contributed by atoms with Crippen molar-refractivity contribution in [1.82, 2.24) is 5.32 Å². The van der Waals surface area contributed by atoms with Gasteiger partial charge in [0.25, 0.3) is 5.91 Å². The molecule has 3 aromatic rings. The fourth-order valence-corrected chi connectivity index (χ4v) is 2.77. The molecule has 0 aliphatic rings. The molecule has 154 valence electrons. The van der Waals surface area contributed by atoms with Crippen LogP contribution in [-0.2, 0) is 6.54 Å². The van der Waals surface area contributed by atoms with Gasteiger partial charge in [-0.15, -0.1) is 0 Å². The molecule has 0 aliphatic carbocycles. The number of rotatable bonds is 7. The second-order valence-corrected chi connectivity index (χ2v) is 6.43. The molecule has 0 bridgehead atoms. The quantitative estimate of drug-likeness (QED) is 0.547. The lowest BCUT2D eigenvalue weighted by Gasteiger charge is -2.10. The molecule has 7 heteroatoms. The van der Waals surface area contributed by atoms with Crippen LogP contribution in [0.2, 0.25) is 0 Å². The molecule has 0 heterocycles. The number of hydrogen-bond donors (Lipinski definition) is 3. The summed E-state index contributed by atoms with van der Waals surface area (Å²) in [5, 5.41) is 8.33. The first-order chi connectivity index (χ1) is 14.6. The summed E-state index contributed by atoms with van der Waals surface area (Å²) >= 11 is 0. The van der Waals surface area contributed by atoms with Crippen LogP contribution in [0.5, 0.6) is 11.5 Å². The van der Waals surface area contributed by atoms with Gasteiger partial charge in [-0.3, -0.25) is 4.79 Å². The number of ether oxygens (including phenoxy) is 2. The van der Waals surface area contributed by atoms with Gasteiger partial charge < -0.3 is 25.4 Å². The maximum atomic E-state index is 12.4. The second-order valence-electron chi connectivity index (χ2n) is 6.43. The Balaban J connectivity index is 1.55. The molecule has 30 heavy (non-hydrogen) atoms. The fourth-order valence-electron chi connectivity index (χ4n) is 2.77. The number of amides is 3. The molecule has 3 amide bonds. The molecule has 0 atom stereocenters. The van der Waals surface area contributed by atoms with E-state index in [9.17, 15) is 9.59 Å². The van der Waals surface area contributed by atoms with Gasteiger partial charge in [-0.25, -0.2) is 4.79 Å². The molecule has 0 unspecified atom stereocenters. The zero-order valence-electron chi connectivity index (χ0n) is 16.8. The van der Waals surface area contributed by atoms with E-state index in [0.717, 1.165) is 5.56 Å². The average molecular weight is 405 g/mol. The van der Waals surface area contributed by atoms with Crippen molar-refractivity contribution < 1.29 is 19.1 Å². The highest BCUT2D eigenvalue weighted by Gasteiger charge is 2.08. The Bertz CT molecular complexity index is 982. The molecule has 0 radical (unpaired) electrons. The van der Waals surface area contributed by atoms with E-state index in [-0.39, 0.29) is 11.9 Å². The lowest BCUT2D eigenvalue weighted by Crippen LogP contribution is -2.23. The van der Waals surface area contributed by atoms with E-state index in [1.807, 2.05) is 30.3 Å². The lowest BCUT2D eigenvalue weighted by atomic mass is 10.1. The van der Waals surface area contributed by atoms with Gasteiger partial charge in [0, 0.05) is 29.5 Å². The number of anilines is 2. The van der Waals surface area contributed by atoms with Crippen molar-refractivity contribution in [1.29, 1.82) is 0 Å². The summed E-state index contributed by atoms with van der Waals surface area (Å²) in [4.78, 5) is 24.5. The predicted octanol–water partition coefficient (Wildman–Crippen LogP) is 4.28. The summed E-state index contributed by atoms with van der Waals surface area (Å²) in [5.41, 5.74) is 2.62. The molecular weight excluding hydrogens is 382 g/mol. The van der Waals surface area contributed by atoms with Gasteiger partial charge in [-0.2, -0.15) is 0 Å². The molecule has 0 saturated heterocycles. The van der Waals surface area contributed by atoms with Crippen LogP contribution in [0, 0.1) is 0 Å². The summed E-state index contributed by atoms with van der Waals surface area (Å²) < 4.78 is 10.5. The zero-order valence-corrected chi connectivity index (χ0v) is 16.8. The van der Waals surface area contributed by atoms with Crippen molar-refractivity contribution in [3.8, 4) is 11.5 Å². The van der Waals surface area contributed by atoms with E-state index in [1.165, 1.54) is 0 Å². The van der Waals surface area contributed by atoms with Crippen LogP contribution in [0.4, 0.5) is 16.2 Å². The highest BCUT2D eigenvalue weighted by atomic mass is 16.5. The summed E-state index contributed by atoms with van der Waals surface area (Å²) in [6.45, 7) is 0.325. The summed E-state index contributed by atoms with van der Waals surface area (Å²) in [5.74, 6) is 1.09. The molecule has 3 aromatic carbocycles. The third kappa shape index (κ3) is 5.75. The number of carbonyl (C=O) groups excluding carboxylic acids is 2. The Morgan fingerprint density at radius 1 is 0.767 bits per heavy atom. The van der Waals surface area contributed by atoms with E-state index in [2.05, 4.69) is 16.0 Å². The number of hydrogen-bond acceptors (Lipinski definition) is 4. The third-order valence-corrected chi connectivity index (χ3v) is 4.30. The minimum Gasteiger partial charge on any atom is -0.497 e. The van der Waals surface area contributed by atoms with Gasteiger partial charge in [0.2, 0.25) is 0 Å². The van der Waals surface area contributed by atoms with Crippen LogP contribution >= 0.6 is 0 Å². The number of para-hydroxylation sites is 1. The average Bonchev–Trinajstić information content (AvgIpc) is 2.78. The van der Waals surface area contributed by atoms with E-state index in [0.29, 0.717) is 35.0 Å². The van der Waals surface area contributed by atoms with Gasteiger partial charge in [-0.05, 0) is 54.1 Å². The lowest BCUT2D eigenvalue weighted by molar-refractivity contribution is 0.0951. The topological polar surface area (TPSA) is 88.7 Å². The number of methoxy groups -OCH3 is 2. The predicted molar refractivity (Wildman–Crippen MR) is 116 cm³/mol. The molecule has 7 nitrogen and oxygen atoms in total. The molecule has 0 aliphatic heterocycles. The first kappa shape index (κ1) is 20.7. The Hall–Kier alpha value is -4.00. The summed E-state index contributed by atoms with van der Waals surface area (Å²) in [6.07, 6.45) is 0. The number of carbonyl (C=O) groups is 2. The van der Waals surface area contributed by atoms with E-state index in [4.69, 9.17) is 9.47 Å². The van der Waals surface area contributed by atoms with Crippen molar-refractivity contribution in [2.24, 2.45) is 0 Å². The molecule has 0 spiro atoms. The monoisotopic (exact) mass is 405 g/mol. The number of benzene rings is 3. The SMILES string of the molecule is COc1cc(CNC(=O)c2ccc(NC(=O)Nc3ccccc3)cc2)cc(OC)c1. The molecule has 3 N–H and O–H groups in total. The van der Waals surface area contributed by atoms with E-state index >= 15 is 0 Å². The zero-order chi connectivity index (χ0) is 21.3. The highest BCUT2D eigenvalue weighted by molar-refractivity contribution is 6.00. The highest BCUT2D eigenvalue weighted by Crippen LogP contribution is 2.22. The van der Waals surface area contributed by atoms with Gasteiger partial charge in [0.15, 0.2) is 0 Å². The third-order valence-electron chi connectivity index (χ3n) is 4.30. The van der Waals surface area contributed by atoms with Crippen LogP contribution in [0.1, 0.15) is 15.9 Å². The van der Waals surface area contributed by atoms with Crippen molar-refractivity contribution in [2.45, 2.75) is 6.54 Å². The van der Waals surface area contributed by atoms with Crippen LogP contribution in [-0.4, -0.2) is 26.2 Å². The molecular formula is C23H23N3O4. The maximum absolute atomic E-state index is 12.4. The largest absolute Gasteiger partial charge is 0.497 e.